The van der Waals surface area contributed by atoms with Crippen LogP contribution in [0.4, 0.5) is 0 Å². The first kappa shape index (κ1) is 32.8. The van der Waals surface area contributed by atoms with Gasteiger partial charge in [-0.25, -0.2) is 0 Å². The summed E-state index contributed by atoms with van der Waals surface area (Å²) in [5, 5.41) is 22.2. The summed E-state index contributed by atoms with van der Waals surface area (Å²) in [6, 6.07) is 0. The van der Waals surface area contributed by atoms with Crippen LogP contribution in [-0.4, -0.2) is 54.7 Å². The molecule has 2 N–H and O–H groups in total. The van der Waals surface area contributed by atoms with Crippen LogP contribution in [0.5, 0.6) is 0 Å². The number of allylic oxidation sites excluding steroid dienone is 2. The number of carboxylic acid groups (broad SMARTS) is 1. The Morgan fingerprint density at radius 1 is 0.871 bits per heavy atom. The number of aliphatic carboxylic acids is 1. The summed E-state index contributed by atoms with van der Waals surface area (Å²) < 4.78 is 0. The number of hydrogen-bond donors (Lipinski definition) is 2. The van der Waals surface area contributed by atoms with Crippen molar-refractivity contribution in [2.75, 3.05) is 32.8 Å². The van der Waals surface area contributed by atoms with Crippen LogP contribution in [0.25, 0.3) is 0 Å². The van der Waals surface area contributed by atoms with Crippen molar-refractivity contribution in [1.82, 2.24) is 10.2 Å². The summed E-state index contributed by atoms with van der Waals surface area (Å²) in [5.74, 6) is -1.14. The average Bonchev–Trinajstić information content (AvgIpc) is 2.72. The number of unbranched alkanes of at least 4 members (excludes halogenated alkanes) is 11. The molecule has 0 atom stereocenters. The van der Waals surface area contributed by atoms with E-state index in [9.17, 15) is 14.7 Å². The van der Waals surface area contributed by atoms with E-state index in [4.69, 9.17) is 5.11 Å². The van der Waals surface area contributed by atoms with Crippen molar-refractivity contribution in [2.45, 2.75) is 96.8 Å². The molecule has 0 saturated carbocycles. The van der Waals surface area contributed by atoms with Gasteiger partial charge in [0.05, 0.1) is 12.6 Å². The molecule has 0 aliphatic rings. The molecule has 0 aromatic rings. The van der Waals surface area contributed by atoms with Gasteiger partial charge in [0.2, 0.25) is 5.91 Å². The number of carbonyl (C=O) groups is 2. The third-order valence-electron chi connectivity index (χ3n) is 5.20. The Bertz CT molecular complexity index is 447. The van der Waals surface area contributed by atoms with Crippen molar-refractivity contribution in [3.05, 3.63) is 12.2 Å². The van der Waals surface area contributed by atoms with Gasteiger partial charge < -0.3 is 25.2 Å². The Morgan fingerprint density at radius 2 is 1.42 bits per heavy atom. The molecular weight excluding hydrogens is 403 g/mol. The summed E-state index contributed by atoms with van der Waals surface area (Å²) in [4.78, 5) is 24.2. The Labute approximate surface area is 212 Å². The Morgan fingerprint density at radius 3 is 1.97 bits per heavy atom. The van der Waals surface area contributed by atoms with Crippen molar-refractivity contribution in [1.29, 1.82) is 0 Å². The quantitative estimate of drug-likeness (QED) is 0.140. The molecule has 0 bridgehead atoms. The number of amides is 1. The van der Waals surface area contributed by atoms with Crippen LogP contribution in [0, 0.1) is 0 Å². The van der Waals surface area contributed by atoms with Crippen LogP contribution >= 0.6 is 0 Å². The second-order valence-corrected chi connectivity index (χ2v) is 7.99. The largest absolute Gasteiger partial charge is 1.00 e. The van der Waals surface area contributed by atoms with E-state index in [-0.39, 0.29) is 55.2 Å². The fourth-order valence-corrected chi connectivity index (χ4v) is 3.39. The van der Waals surface area contributed by atoms with E-state index < -0.39 is 5.97 Å². The molecule has 0 saturated heterocycles. The Kier molecular flexibility index (Phi) is 27.3. The summed E-state index contributed by atoms with van der Waals surface area (Å²) in [6.07, 6.45) is 21.1. The van der Waals surface area contributed by atoms with Gasteiger partial charge in [-0.15, -0.1) is 0 Å². The molecule has 0 fully saturated rings. The third kappa shape index (κ3) is 24.1. The van der Waals surface area contributed by atoms with Crippen molar-refractivity contribution < 1.29 is 49.4 Å². The maximum atomic E-state index is 12.2. The Hall–Kier alpha value is -0.400. The van der Waals surface area contributed by atoms with Crippen LogP contribution in [0.15, 0.2) is 12.2 Å². The molecule has 7 heteroatoms. The minimum atomic E-state index is -1.16. The molecule has 0 radical (unpaired) electrons. The molecule has 0 rings (SSSR count). The molecule has 6 nitrogen and oxygen atoms in total. The summed E-state index contributed by atoms with van der Waals surface area (Å²) in [7, 11) is 0. The topological polar surface area (TPSA) is 92.7 Å². The van der Waals surface area contributed by atoms with E-state index in [2.05, 4.69) is 24.4 Å². The number of nitrogens with zero attached hydrogens (tertiary/aromatic N) is 1. The van der Waals surface area contributed by atoms with E-state index in [1.54, 1.807) is 4.90 Å². The first-order valence-electron chi connectivity index (χ1n) is 12.1. The van der Waals surface area contributed by atoms with Gasteiger partial charge in [0.1, 0.15) is 0 Å². The SMILES string of the molecule is CCCCCCCC/C=C\CCCCCCCC(=O)N(CCO)CCNCC(=O)[O-].[Na+]. The van der Waals surface area contributed by atoms with E-state index in [1.165, 1.54) is 57.8 Å². The summed E-state index contributed by atoms with van der Waals surface area (Å²) in [5.41, 5.74) is 0. The third-order valence-corrected chi connectivity index (χ3v) is 5.20. The number of aliphatic hydroxyl groups excluding tert-OH is 1. The zero-order valence-corrected chi connectivity index (χ0v) is 22.2. The number of rotatable bonds is 22. The molecule has 0 heterocycles. The monoisotopic (exact) mass is 448 g/mol. The van der Waals surface area contributed by atoms with Gasteiger partial charge >= 0.3 is 29.6 Å². The van der Waals surface area contributed by atoms with Gasteiger partial charge in [-0.3, -0.25) is 4.79 Å². The molecule has 0 spiro atoms. The zero-order valence-electron chi connectivity index (χ0n) is 20.2. The fraction of sp³-hybridized carbons (Fsp3) is 0.833. The van der Waals surface area contributed by atoms with Crippen molar-refractivity contribution >= 4 is 11.9 Å². The van der Waals surface area contributed by atoms with Crippen LogP contribution < -0.4 is 40.0 Å². The van der Waals surface area contributed by atoms with Gasteiger partial charge in [-0.1, -0.05) is 70.4 Å². The smallest absolute Gasteiger partial charge is 0.549 e. The van der Waals surface area contributed by atoms with E-state index >= 15 is 0 Å². The molecule has 0 aliphatic carbocycles. The van der Waals surface area contributed by atoms with Crippen molar-refractivity contribution in [3.63, 3.8) is 0 Å². The minimum Gasteiger partial charge on any atom is -0.549 e. The molecule has 176 valence electrons. The standard InChI is InChI=1S/C24H46N2O4.Na/c1-2-3-4-5-6-7-8-9-10-11-12-13-14-15-16-17-23(28)26(20-21-27)19-18-25-22-24(29)30;/h9-10,25,27H,2-8,11-22H2,1H3,(H,29,30);/q;+1/p-1/b10-9-;. The van der Waals surface area contributed by atoms with Crippen LogP contribution in [0.3, 0.4) is 0 Å². The maximum Gasteiger partial charge on any atom is 1.00 e. The summed E-state index contributed by atoms with van der Waals surface area (Å²) in [6.45, 7) is 3.01. The molecule has 0 unspecified atom stereocenters. The molecule has 0 aromatic heterocycles. The first-order valence-corrected chi connectivity index (χ1v) is 12.1. The van der Waals surface area contributed by atoms with Crippen molar-refractivity contribution in [2.24, 2.45) is 0 Å². The number of hydrogen-bond acceptors (Lipinski definition) is 5. The first-order chi connectivity index (χ1) is 14.6. The molecule has 1 amide bonds. The summed E-state index contributed by atoms with van der Waals surface area (Å²) >= 11 is 0. The predicted octanol–water partition coefficient (Wildman–Crippen LogP) is 0.188. The molecule has 31 heavy (non-hydrogen) atoms. The van der Waals surface area contributed by atoms with Crippen LogP contribution in [-0.2, 0) is 9.59 Å². The van der Waals surface area contributed by atoms with Gasteiger partial charge in [-0.2, -0.15) is 0 Å². The minimum absolute atomic E-state index is 0. The fourth-order valence-electron chi connectivity index (χ4n) is 3.39. The number of nitrogens with one attached hydrogen (secondary N) is 1. The number of carbonyl (C=O) groups excluding carboxylic acids is 2. The second kappa shape index (κ2) is 25.9. The van der Waals surface area contributed by atoms with E-state index in [0.717, 1.165) is 25.7 Å². The van der Waals surface area contributed by atoms with Gasteiger partial charge in [-0.05, 0) is 32.1 Å². The van der Waals surface area contributed by atoms with Crippen LogP contribution in [0.1, 0.15) is 96.8 Å². The van der Waals surface area contributed by atoms with Crippen LogP contribution in [0.2, 0.25) is 0 Å². The zero-order chi connectivity index (χ0) is 22.3. The van der Waals surface area contributed by atoms with Gasteiger partial charge in [0.15, 0.2) is 0 Å². The predicted molar refractivity (Wildman–Crippen MR) is 121 cm³/mol. The number of carboxylic acids is 1. The molecule has 0 aliphatic heterocycles. The molecular formula is C24H45N2NaO4. The molecule has 0 aromatic carbocycles. The normalized spacial score (nSPS) is 10.9. The Balaban J connectivity index is 0. The van der Waals surface area contributed by atoms with Gasteiger partial charge in [0.25, 0.3) is 0 Å². The number of aliphatic hydroxyl groups is 1. The van der Waals surface area contributed by atoms with E-state index in [0.29, 0.717) is 19.5 Å². The van der Waals surface area contributed by atoms with Crippen molar-refractivity contribution in [3.8, 4) is 0 Å². The van der Waals surface area contributed by atoms with E-state index in [1.807, 2.05) is 0 Å². The second-order valence-electron chi connectivity index (χ2n) is 7.99. The average molecular weight is 449 g/mol. The van der Waals surface area contributed by atoms with Gasteiger partial charge in [0, 0.05) is 32.6 Å². The maximum absolute atomic E-state index is 12.2.